The van der Waals surface area contributed by atoms with Gasteiger partial charge >= 0.3 is 0 Å². The summed E-state index contributed by atoms with van der Waals surface area (Å²) in [4.78, 5) is 16.2. The maximum atomic E-state index is 12.0. The highest BCUT2D eigenvalue weighted by molar-refractivity contribution is 5.94. The number of carbonyl (C=O) groups is 1. The summed E-state index contributed by atoms with van der Waals surface area (Å²) < 4.78 is 5.16. The number of aryl methyl sites for hydroxylation is 1. The van der Waals surface area contributed by atoms with Gasteiger partial charge in [0.15, 0.2) is 5.82 Å². The first-order valence-corrected chi connectivity index (χ1v) is 6.99. The number of nitrogens with two attached hydrogens (primary N) is 1. The lowest BCUT2D eigenvalue weighted by molar-refractivity contribution is -0.116. The molecule has 6 heteroatoms. The number of hydrogen-bond donors (Lipinski definition) is 2. The highest BCUT2D eigenvalue weighted by Crippen LogP contribution is 2.26. The van der Waals surface area contributed by atoms with Crippen molar-refractivity contribution >= 4 is 11.6 Å². The number of aromatic nitrogens is 2. The van der Waals surface area contributed by atoms with Gasteiger partial charge in [-0.2, -0.15) is 4.98 Å². The average Bonchev–Trinajstić information content (AvgIpc) is 2.91. The van der Waals surface area contributed by atoms with Crippen LogP contribution in [-0.4, -0.2) is 22.6 Å². The molecule has 0 bridgehead atoms. The standard InChI is InChI=1S/C15H20N4O2/c1-10(9-16)7-8-14(20)18-13-6-4-3-5-12(13)15-17-11(2)19-21-15/h3-6,10H,7-9,16H2,1-2H3,(H,18,20). The summed E-state index contributed by atoms with van der Waals surface area (Å²) in [5.41, 5.74) is 6.95. The van der Waals surface area contributed by atoms with Crippen molar-refractivity contribution in [1.82, 2.24) is 10.1 Å². The summed E-state index contributed by atoms with van der Waals surface area (Å²) in [6.07, 6.45) is 1.21. The van der Waals surface area contributed by atoms with Gasteiger partial charge in [0, 0.05) is 6.42 Å². The molecule has 0 spiro atoms. The first-order chi connectivity index (χ1) is 10.1. The van der Waals surface area contributed by atoms with Gasteiger partial charge in [-0.25, -0.2) is 0 Å². The van der Waals surface area contributed by atoms with Crippen LogP contribution in [0.25, 0.3) is 11.5 Å². The van der Waals surface area contributed by atoms with Crippen LogP contribution in [0, 0.1) is 12.8 Å². The van der Waals surface area contributed by atoms with Crippen LogP contribution >= 0.6 is 0 Å². The zero-order chi connectivity index (χ0) is 15.2. The molecule has 3 N–H and O–H groups in total. The zero-order valence-electron chi connectivity index (χ0n) is 12.3. The van der Waals surface area contributed by atoms with E-state index in [-0.39, 0.29) is 5.91 Å². The van der Waals surface area contributed by atoms with Crippen molar-refractivity contribution in [3.05, 3.63) is 30.1 Å². The molecule has 0 aliphatic rings. The maximum absolute atomic E-state index is 12.0. The monoisotopic (exact) mass is 288 g/mol. The Morgan fingerprint density at radius 3 is 2.86 bits per heavy atom. The molecule has 1 aromatic carbocycles. The van der Waals surface area contributed by atoms with Gasteiger partial charge in [-0.3, -0.25) is 4.79 Å². The van der Waals surface area contributed by atoms with Crippen LogP contribution in [0.5, 0.6) is 0 Å². The molecule has 2 rings (SSSR count). The van der Waals surface area contributed by atoms with Crippen LogP contribution < -0.4 is 11.1 Å². The van der Waals surface area contributed by atoms with Crippen LogP contribution in [0.2, 0.25) is 0 Å². The van der Waals surface area contributed by atoms with Crippen LogP contribution in [0.1, 0.15) is 25.6 Å². The first kappa shape index (κ1) is 15.2. The Morgan fingerprint density at radius 1 is 1.43 bits per heavy atom. The molecule has 2 aromatic rings. The van der Waals surface area contributed by atoms with E-state index >= 15 is 0 Å². The normalized spacial score (nSPS) is 12.1. The zero-order valence-corrected chi connectivity index (χ0v) is 12.3. The van der Waals surface area contributed by atoms with Crippen molar-refractivity contribution in [1.29, 1.82) is 0 Å². The van der Waals surface area contributed by atoms with Crippen molar-refractivity contribution in [2.24, 2.45) is 11.7 Å². The Bertz CT molecular complexity index is 609. The number of carbonyl (C=O) groups excluding carboxylic acids is 1. The third-order valence-electron chi connectivity index (χ3n) is 3.23. The summed E-state index contributed by atoms with van der Waals surface area (Å²) in [5.74, 6) is 1.25. The Balaban J connectivity index is 2.08. The third kappa shape index (κ3) is 4.13. The van der Waals surface area contributed by atoms with Crippen molar-refractivity contribution in [3.8, 4) is 11.5 Å². The molecule has 0 saturated heterocycles. The molecule has 0 saturated carbocycles. The molecule has 1 heterocycles. The number of hydrogen-bond acceptors (Lipinski definition) is 5. The Kier molecular flexibility index (Phi) is 5.05. The third-order valence-corrected chi connectivity index (χ3v) is 3.23. The van der Waals surface area contributed by atoms with Gasteiger partial charge in [0.05, 0.1) is 11.3 Å². The summed E-state index contributed by atoms with van der Waals surface area (Å²) in [6, 6.07) is 7.37. The smallest absolute Gasteiger partial charge is 0.260 e. The average molecular weight is 288 g/mol. The van der Waals surface area contributed by atoms with Crippen molar-refractivity contribution in [2.45, 2.75) is 26.7 Å². The lowest BCUT2D eigenvalue weighted by Gasteiger charge is -2.10. The van der Waals surface area contributed by atoms with Crippen LogP contribution in [0.15, 0.2) is 28.8 Å². The number of benzene rings is 1. The van der Waals surface area contributed by atoms with Gasteiger partial charge in [0.1, 0.15) is 0 Å². The second-order valence-corrected chi connectivity index (χ2v) is 5.12. The lowest BCUT2D eigenvalue weighted by Crippen LogP contribution is -2.16. The molecule has 6 nitrogen and oxygen atoms in total. The van der Waals surface area contributed by atoms with Gasteiger partial charge in [0.25, 0.3) is 5.89 Å². The van der Waals surface area contributed by atoms with Gasteiger partial charge in [-0.1, -0.05) is 24.2 Å². The number of nitrogens with one attached hydrogen (secondary N) is 1. The Labute approximate surface area is 123 Å². The van der Waals surface area contributed by atoms with Crippen molar-refractivity contribution in [3.63, 3.8) is 0 Å². The van der Waals surface area contributed by atoms with Gasteiger partial charge in [0.2, 0.25) is 5.91 Å². The molecule has 1 atom stereocenters. The topological polar surface area (TPSA) is 94.0 Å². The van der Waals surface area contributed by atoms with E-state index in [0.717, 1.165) is 12.0 Å². The van der Waals surface area contributed by atoms with E-state index in [9.17, 15) is 4.79 Å². The van der Waals surface area contributed by atoms with Crippen LogP contribution in [0.4, 0.5) is 5.69 Å². The Hall–Kier alpha value is -2.21. The second kappa shape index (κ2) is 6.99. The molecule has 1 unspecified atom stereocenters. The molecule has 21 heavy (non-hydrogen) atoms. The molecule has 1 amide bonds. The SMILES string of the molecule is Cc1noc(-c2ccccc2NC(=O)CCC(C)CN)n1. The second-order valence-electron chi connectivity index (χ2n) is 5.12. The summed E-state index contributed by atoms with van der Waals surface area (Å²) in [5, 5.41) is 6.66. The molecule has 112 valence electrons. The molecule has 0 radical (unpaired) electrons. The van der Waals surface area contributed by atoms with E-state index < -0.39 is 0 Å². The largest absolute Gasteiger partial charge is 0.334 e. The fourth-order valence-electron chi connectivity index (χ4n) is 1.89. The summed E-state index contributed by atoms with van der Waals surface area (Å²) in [7, 11) is 0. The first-order valence-electron chi connectivity index (χ1n) is 6.99. The fraction of sp³-hybridized carbons (Fsp3) is 0.400. The highest BCUT2D eigenvalue weighted by atomic mass is 16.5. The highest BCUT2D eigenvalue weighted by Gasteiger charge is 2.13. The predicted octanol–water partition coefficient (Wildman–Crippen LogP) is 2.36. The van der Waals surface area contributed by atoms with Crippen LogP contribution in [0.3, 0.4) is 0 Å². The fourth-order valence-corrected chi connectivity index (χ4v) is 1.89. The Morgan fingerprint density at radius 2 is 2.19 bits per heavy atom. The van der Waals surface area contributed by atoms with Gasteiger partial charge in [-0.05, 0) is 37.9 Å². The van der Waals surface area contributed by atoms with E-state index in [2.05, 4.69) is 15.5 Å². The summed E-state index contributed by atoms with van der Waals surface area (Å²) in [6.45, 7) is 4.37. The quantitative estimate of drug-likeness (QED) is 0.851. The van der Waals surface area contributed by atoms with E-state index in [1.807, 2.05) is 31.2 Å². The van der Waals surface area contributed by atoms with Gasteiger partial charge < -0.3 is 15.6 Å². The molecular weight excluding hydrogens is 268 g/mol. The van der Waals surface area contributed by atoms with E-state index in [4.69, 9.17) is 10.3 Å². The van der Waals surface area contributed by atoms with Crippen LogP contribution in [-0.2, 0) is 4.79 Å². The molecule has 1 aromatic heterocycles. The van der Waals surface area contributed by atoms with Gasteiger partial charge in [-0.15, -0.1) is 0 Å². The summed E-state index contributed by atoms with van der Waals surface area (Å²) >= 11 is 0. The molecular formula is C15H20N4O2. The predicted molar refractivity (Wildman–Crippen MR) is 80.6 cm³/mol. The maximum Gasteiger partial charge on any atom is 0.260 e. The van der Waals surface area contributed by atoms with E-state index in [1.54, 1.807) is 6.92 Å². The molecule has 0 aliphatic carbocycles. The van der Waals surface area contributed by atoms with Crippen molar-refractivity contribution in [2.75, 3.05) is 11.9 Å². The minimum Gasteiger partial charge on any atom is -0.334 e. The minimum absolute atomic E-state index is 0.0426. The van der Waals surface area contributed by atoms with E-state index in [0.29, 0.717) is 36.3 Å². The van der Waals surface area contributed by atoms with E-state index in [1.165, 1.54) is 0 Å². The molecule has 0 fully saturated rings. The van der Waals surface area contributed by atoms with Crippen molar-refractivity contribution < 1.29 is 9.32 Å². The molecule has 0 aliphatic heterocycles. The number of anilines is 1. The number of amides is 1. The number of nitrogens with zero attached hydrogens (tertiary/aromatic N) is 2. The lowest BCUT2D eigenvalue weighted by atomic mass is 10.1. The number of rotatable bonds is 6. The minimum atomic E-state index is -0.0426. The number of para-hydroxylation sites is 1.